The van der Waals surface area contributed by atoms with Gasteiger partial charge in [-0.1, -0.05) is 0 Å². The van der Waals surface area contributed by atoms with E-state index in [0.717, 1.165) is 5.56 Å². The van der Waals surface area contributed by atoms with E-state index in [1.165, 1.54) is 10.7 Å². The highest BCUT2D eigenvalue weighted by atomic mass is 35.5. The van der Waals surface area contributed by atoms with Crippen LogP contribution in [0.4, 0.5) is 0 Å². The number of aromatic carboxylic acids is 1. The van der Waals surface area contributed by atoms with Crippen LogP contribution in [0.25, 0.3) is 5.52 Å². The highest BCUT2D eigenvalue weighted by molar-refractivity contribution is 5.95. The molecule has 80 valence electrons. The minimum absolute atomic E-state index is 0. The summed E-state index contributed by atoms with van der Waals surface area (Å²) < 4.78 is 1.52. The molecular formula is C9H10ClN3O2. The number of carboxylic acids is 1. The van der Waals surface area contributed by atoms with Crippen LogP contribution in [0.5, 0.6) is 0 Å². The van der Waals surface area contributed by atoms with Crippen LogP contribution >= 0.6 is 12.4 Å². The number of hydrogen-bond acceptors (Lipinski definition) is 3. The Morgan fingerprint density at radius 3 is 2.93 bits per heavy atom. The molecule has 0 unspecified atom stereocenters. The van der Waals surface area contributed by atoms with E-state index in [2.05, 4.69) is 5.10 Å². The molecule has 0 spiro atoms. The molecule has 2 aromatic heterocycles. The lowest BCUT2D eigenvalue weighted by Crippen LogP contribution is -1.99. The summed E-state index contributed by atoms with van der Waals surface area (Å²) in [5.74, 6) is -0.978. The Morgan fingerprint density at radius 2 is 2.33 bits per heavy atom. The van der Waals surface area contributed by atoms with Crippen molar-refractivity contribution in [3.63, 3.8) is 0 Å². The zero-order valence-corrected chi connectivity index (χ0v) is 8.57. The van der Waals surface area contributed by atoms with Crippen LogP contribution in [0.2, 0.25) is 0 Å². The minimum Gasteiger partial charge on any atom is -0.478 e. The summed E-state index contributed by atoms with van der Waals surface area (Å²) in [5, 5.41) is 12.8. The Labute approximate surface area is 91.9 Å². The third-order valence-corrected chi connectivity index (χ3v) is 2.05. The average molecular weight is 228 g/mol. The molecule has 2 rings (SSSR count). The van der Waals surface area contributed by atoms with Gasteiger partial charge in [0, 0.05) is 12.7 Å². The quantitative estimate of drug-likeness (QED) is 0.799. The molecule has 2 heterocycles. The van der Waals surface area contributed by atoms with Crippen LogP contribution in [0.1, 0.15) is 15.9 Å². The SMILES string of the molecule is Cl.NCc1ccn2ncc(C(=O)O)c2c1. The molecule has 0 amide bonds. The number of rotatable bonds is 2. The zero-order valence-electron chi connectivity index (χ0n) is 7.75. The summed E-state index contributed by atoms with van der Waals surface area (Å²) in [6.45, 7) is 0.390. The summed E-state index contributed by atoms with van der Waals surface area (Å²) in [4.78, 5) is 10.8. The predicted octanol–water partition coefficient (Wildman–Crippen LogP) is 0.913. The molecule has 0 aliphatic heterocycles. The molecular weight excluding hydrogens is 218 g/mol. The first-order valence-corrected chi connectivity index (χ1v) is 4.12. The van der Waals surface area contributed by atoms with Crippen molar-refractivity contribution in [1.29, 1.82) is 0 Å². The van der Waals surface area contributed by atoms with Crippen molar-refractivity contribution >= 4 is 23.9 Å². The van der Waals surface area contributed by atoms with Crippen LogP contribution in [0.3, 0.4) is 0 Å². The molecule has 6 heteroatoms. The maximum absolute atomic E-state index is 10.8. The second-order valence-corrected chi connectivity index (χ2v) is 2.93. The van der Waals surface area contributed by atoms with E-state index >= 15 is 0 Å². The first kappa shape index (κ1) is 11.5. The third kappa shape index (κ3) is 1.93. The molecule has 0 saturated heterocycles. The van der Waals surface area contributed by atoms with Gasteiger partial charge in [-0.3, -0.25) is 0 Å². The number of pyridine rings is 1. The van der Waals surface area contributed by atoms with Crippen molar-refractivity contribution in [3.8, 4) is 0 Å². The van der Waals surface area contributed by atoms with E-state index in [1.807, 2.05) is 6.07 Å². The Kier molecular flexibility index (Phi) is 3.28. The van der Waals surface area contributed by atoms with E-state index in [4.69, 9.17) is 10.8 Å². The van der Waals surface area contributed by atoms with Gasteiger partial charge in [-0.2, -0.15) is 5.10 Å². The van der Waals surface area contributed by atoms with Gasteiger partial charge in [-0.05, 0) is 17.7 Å². The van der Waals surface area contributed by atoms with Gasteiger partial charge in [-0.25, -0.2) is 9.31 Å². The standard InChI is InChI=1S/C9H9N3O2.ClH/c10-4-6-1-2-12-8(3-6)7(5-11-12)9(13)14;/h1-3,5H,4,10H2,(H,13,14);1H. The molecule has 0 aliphatic rings. The van der Waals surface area contributed by atoms with Crippen molar-refractivity contribution in [2.75, 3.05) is 0 Å². The van der Waals surface area contributed by atoms with E-state index < -0.39 is 5.97 Å². The predicted molar refractivity (Wildman–Crippen MR) is 57.3 cm³/mol. The number of carboxylic acid groups (broad SMARTS) is 1. The molecule has 0 aliphatic carbocycles. The van der Waals surface area contributed by atoms with Crippen LogP contribution in [0, 0.1) is 0 Å². The van der Waals surface area contributed by atoms with Gasteiger partial charge in [-0.15, -0.1) is 12.4 Å². The topological polar surface area (TPSA) is 80.6 Å². The summed E-state index contributed by atoms with van der Waals surface area (Å²) in [6.07, 6.45) is 3.03. The van der Waals surface area contributed by atoms with E-state index in [9.17, 15) is 4.79 Å². The molecule has 15 heavy (non-hydrogen) atoms. The van der Waals surface area contributed by atoms with Crippen molar-refractivity contribution in [1.82, 2.24) is 9.61 Å². The first-order valence-electron chi connectivity index (χ1n) is 4.12. The van der Waals surface area contributed by atoms with E-state index in [1.54, 1.807) is 12.3 Å². The molecule has 0 bridgehead atoms. The van der Waals surface area contributed by atoms with Gasteiger partial charge in [0.2, 0.25) is 0 Å². The molecule has 0 saturated carbocycles. The molecule has 0 atom stereocenters. The Bertz CT molecular complexity index is 495. The minimum atomic E-state index is -0.978. The summed E-state index contributed by atoms with van der Waals surface area (Å²) in [7, 11) is 0. The van der Waals surface area contributed by atoms with Gasteiger partial charge in [0.25, 0.3) is 0 Å². The molecule has 2 aromatic rings. The molecule has 0 fully saturated rings. The van der Waals surface area contributed by atoms with Crippen molar-refractivity contribution in [2.24, 2.45) is 5.73 Å². The fourth-order valence-corrected chi connectivity index (χ4v) is 1.32. The normalized spacial score (nSPS) is 9.93. The Balaban J connectivity index is 0.00000112. The number of carbonyl (C=O) groups is 1. The van der Waals surface area contributed by atoms with Gasteiger partial charge in [0.05, 0.1) is 11.7 Å². The second kappa shape index (κ2) is 4.29. The van der Waals surface area contributed by atoms with Crippen molar-refractivity contribution in [3.05, 3.63) is 35.7 Å². The van der Waals surface area contributed by atoms with Crippen LogP contribution < -0.4 is 5.73 Å². The highest BCUT2D eigenvalue weighted by Gasteiger charge is 2.10. The monoisotopic (exact) mass is 227 g/mol. The van der Waals surface area contributed by atoms with Gasteiger partial charge >= 0.3 is 5.97 Å². The van der Waals surface area contributed by atoms with Crippen LogP contribution in [-0.2, 0) is 6.54 Å². The van der Waals surface area contributed by atoms with Crippen LogP contribution in [0.15, 0.2) is 24.5 Å². The lowest BCUT2D eigenvalue weighted by molar-refractivity contribution is 0.0699. The maximum Gasteiger partial charge on any atom is 0.339 e. The third-order valence-electron chi connectivity index (χ3n) is 2.05. The summed E-state index contributed by atoms with van der Waals surface area (Å²) in [5.41, 5.74) is 7.11. The van der Waals surface area contributed by atoms with Crippen molar-refractivity contribution in [2.45, 2.75) is 6.54 Å². The number of aromatic nitrogens is 2. The number of fused-ring (bicyclic) bond motifs is 1. The number of nitrogens with two attached hydrogens (primary N) is 1. The number of hydrogen-bond donors (Lipinski definition) is 2. The number of nitrogens with zero attached hydrogens (tertiary/aromatic N) is 2. The first-order chi connectivity index (χ1) is 6.72. The summed E-state index contributed by atoms with van der Waals surface area (Å²) >= 11 is 0. The molecule has 0 radical (unpaired) electrons. The van der Waals surface area contributed by atoms with Gasteiger partial charge < -0.3 is 10.8 Å². The summed E-state index contributed by atoms with van der Waals surface area (Å²) in [6, 6.07) is 3.54. The Hall–Kier alpha value is -1.59. The number of halogens is 1. The van der Waals surface area contributed by atoms with Gasteiger partial charge in [0.1, 0.15) is 5.56 Å². The van der Waals surface area contributed by atoms with Gasteiger partial charge in [0.15, 0.2) is 0 Å². The highest BCUT2D eigenvalue weighted by Crippen LogP contribution is 2.12. The smallest absolute Gasteiger partial charge is 0.339 e. The molecule has 0 aromatic carbocycles. The zero-order chi connectivity index (χ0) is 10.1. The van der Waals surface area contributed by atoms with Crippen molar-refractivity contribution < 1.29 is 9.90 Å². The average Bonchev–Trinajstić information content (AvgIpc) is 2.59. The fraction of sp³-hybridized carbons (Fsp3) is 0.111. The van der Waals surface area contributed by atoms with E-state index in [-0.39, 0.29) is 18.0 Å². The van der Waals surface area contributed by atoms with Crippen LogP contribution in [-0.4, -0.2) is 20.7 Å². The largest absolute Gasteiger partial charge is 0.478 e. The Morgan fingerprint density at radius 1 is 1.60 bits per heavy atom. The maximum atomic E-state index is 10.8. The fourth-order valence-electron chi connectivity index (χ4n) is 1.32. The lowest BCUT2D eigenvalue weighted by atomic mass is 10.2. The molecule has 3 N–H and O–H groups in total. The molecule has 5 nitrogen and oxygen atoms in total. The van der Waals surface area contributed by atoms with E-state index in [0.29, 0.717) is 12.1 Å². The lowest BCUT2D eigenvalue weighted by Gasteiger charge is -1.98. The second-order valence-electron chi connectivity index (χ2n) is 2.93.